The van der Waals surface area contributed by atoms with Crippen LogP contribution in [0.5, 0.6) is 0 Å². The summed E-state index contributed by atoms with van der Waals surface area (Å²) in [4.78, 5) is 10.5. The first-order valence-electron chi connectivity index (χ1n) is 5.49. The number of nitrogens with zero attached hydrogens (tertiary/aromatic N) is 3. The Morgan fingerprint density at radius 1 is 1.47 bits per heavy atom. The van der Waals surface area contributed by atoms with E-state index in [-0.39, 0.29) is 11.6 Å². The molecule has 0 spiro atoms. The molecule has 2 rings (SSSR count). The minimum absolute atomic E-state index is 0.109. The lowest BCUT2D eigenvalue weighted by Crippen LogP contribution is -2.01. The van der Waals surface area contributed by atoms with Crippen LogP contribution in [0.25, 0.3) is 11.4 Å². The molecule has 0 saturated heterocycles. The van der Waals surface area contributed by atoms with E-state index >= 15 is 0 Å². The summed E-state index contributed by atoms with van der Waals surface area (Å²) in [5.41, 5.74) is 1.17. The zero-order valence-corrected chi connectivity index (χ0v) is 11.2. The maximum Gasteiger partial charge on any atom is 0.313 e. The Kier molecular flexibility index (Phi) is 3.84. The van der Waals surface area contributed by atoms with E-state index in [1.165, 1.54) is 6.07 Å². The van der Waals surface area contributed by atoms with Gasteiger partial charge < -0.3 is 9.67 Å². The molecule has 2 aromatic rings. The van der Waals surface area contributed by atoms with Gasteiger partial charge in [-0.1, -0.05) is 17.8 Å². The van der Waals surface area contributed by atoms with Gasteiger partial charge in [0.1, 0.15) is 5.82 Å². The molecule has 0 bridgehead atoms. The number of carboxylic acid groups (broad SMARTS) is 1. The first-order valence-corrected chi connectivity index (χ1v) is 6.48. The number of halogens is 1. The van der Waals surface area contributed by atoms with Crippen molar-refractivity contribution in [3.8, 4) is 11.4 Å². The highest BCUT2D eigenvalue weighted by atomic mass is 32.2. The van der Waals surface area contributed by atoms with Gasteiger partial charge in [0.05, 0.1) is 11.3 Å². The fourth-order valence-corrected chi connectivity index (χ4v) is 2.23. The minimum atomic E-state index is -0.934. The Bertz CT molecular complexity index is 627. The summed E-state index contributed by atoms with van der Waals surface area (Å²) in [6, 6.07) is 4.85. The monoisotopic (exact) mass is 281 g/mol. The number of carbonyl (C=O) groups is 1. The lowest BCUT2D eigenvalue weighted by atomic mass is 10.1. The molecule has 0 saturated carbocycles. The maximum atomic E-state index is 13.9. The van der Waals surface area contributed by atoms with Crippen molar-refractivity contribution in [1.82, 2.24) is 14.8 Å². The first-order chi connectivity index (χ1) is 8.99. The SMILES string of the molecule is Cc1ccc(-c2nnc(SCC(=O)O)n2C)c(F)c1. The molecule has 5 nitrogen and oxygen atoms in total. The molecule has 19 heavy (non-hydrogen) atoms. The molecule has 0 aliphatic rings. The van der Waals surface area contributed by atoms with Gasteiger partial charge in [0.25, 0.3) is 0 Å². The summed E-state index contributed by atoms with van der Waals surface area (Å²) < 4.78 is 15.4. The van der Waals surface area contributed by atoms with Crippen molar-refractivity contribution in [3.63, 3.8) is 0 Å². The van der Waals surface area contributed by atoms with E-state index in [0.29, 0.717) is 16.5 Å². The Morgan fingerprint density at radius 3 is 2.84 bits per heavy atom. The van der Waals surface area contributed by atoms with Gasteiger partial charge in [-0.15, -0.1) is 10.2 Å². The molecule has 100 valence electrons. The molecule has 0 atom stereocenters. The molecule has 0 aliphatic heterocycles. The Hall–Kier alpha value is -1.89. The molecule has 0 unspecified atom stereocenters. The van der Waals surface area contributed by atoms with Crippen LogP contribution in [0.1, 0.15) is 5.56 Å². The van der Waals surface area contributed by atoms with Crippen LogP contribution in [-0.2, 0) is 11.8 Å². The van der Waals surface area contributed by atoms with Crippen molar-refractivity contribution in [3.05, 3.63) is 29.6 Å². The quantitative estimate of drug-likeness (QED) is 0.869. The van der Waals surface area contributed by atoms with E-state index < -0.39 is 5.97 Å². The first kappa shape index (κ1) is 13.5. The molecule has 1 N–H and O–H groups in total. The second-order valence-corrected chi connectivity index (χ2v) is 4.97. The van der Waals surface area contributed by atoms with Crippen LogP contribution in [-0.4, -0.2) is 31.6 Å². The second-order valence-electron chi connectivity index (χ2n) is 4.03. The third-order valence-electron chi connectivity index (χ3n) is 2.53. The van der Waals surface area contributed by atoms with Crippen molar-refractivity contribution in [1.29, 1.82) is 0 Å². The Morgan fingerprint density at radius 2 is 2.21 bits per heavy atom. The molecule has 1 heterocycles. The average Bonchev–Trinajstić information content (AvgIpc) is 2.68. The smallest absolute Gasteiger partial charge is 0.313 e. The van der Waals surface area contributed by atoms with Gasteiger partial charge in [-0.3, -0.25) is 4.79 Å². The molecule has 0 radical (unpaired) electrons. The Labute approximate surface area is 113 Å². The summed E-state index contributed by atoms with van der Waals surface area (Å²) in [5.74, 6) is -1.03. The van der Waals surface area contributed by atoms with E-state index in [1.807, 2.05) is 0 Å². The van der Waals surface area contributed by atoms with Gasteiger partial charge in [-0.2, -0.15) is 0 Å². The third kappa shape index (κ3) is 2.93. The molecular weight excluding hydrogens is 269 g/mol. The summed E-state index contributed by atoms with van der Waals surface area (Å²) >= 11 is 1.05. The zero-order valence-electron chi connectivity index (χ0n) is 10.4. The number of rotatable bonds is 4. The van der Waals surface area contributed by atoms with Crippen LogP contribution < -0.4 is 0 Å². The highest BCUT2D eigenvalue weighted by Gasteiger charge is 2.15. The molecule has 0 fully saturated rings. The predicted molar refractivity (Wildman–Crippen MR) is 69.5 cm³/mol. The molecule has 1 aromatic heterocycles. The van der Waals surface area contributed by atoms with Crippen LogP contribution in [0.2, 0.25) is 0 Å². The summed E-state index contributed by atoms with van der Waals surface area (Å²) in [7, 11) is 1.68. The summed E-state index contributed by atoms with van der Waals surface area (Å²) in [6.07, 6.45) is 0. The molecule has 1 aromatic carbocycles. The number of aryl methyl sites for hydroxylation is 1. The second kappa shape index (κ2) is 5.40. The van der Waals surface area contributed by atoms with Gasteiger partial charge in [-0.25, -0.2) is 4.39 Å². The highest BCUT2D eigenvalue weighted by Crippen LogP contribution is 2.25. The number of hydrogen-bond donors (Lipinski definition) is 1. The van der Waals surface area contributed by atoms with E-state index in [9.17, 15) is 9.18 Å². The largest absolute Gasteiger partial charge is 0.481 e. The van der Waals surface area contributed by atoms with E-state index in [0.717, 1.165) is 17.3 Å². The van der Waals surface area contributed by atoms with E-state index in [1.54, 1.807) is 30.7 Å². The van der Waals surface area contributed by atoms with Gasteiger partial charge in [-0.05, 0) is 24.6 Å². The number of aliphatic carboxylic acids is 1. The van der Waals surface area contributed by atoms with Crippen molar-refractivity contribution >= 4 is 17.7 Å². The molecular formula is C12H12FN3O2S. The van der Waals surface area contributed by atoms with Crippen molar-refractivity contribution in [2.45, 2.75) is 12.1 Å². The van der Waals surface area contributed by atoms with Crippen LogP contribution in [0.15, 0.2) is 23.4 Å². The summed E-state index contributed by atoms with van der Waals surface area (Å²) in [5, 5.41) is 16.9. The van der Waals surface area contributed by atoms with Crippen molar-refractivity contribution in [2.24, 2.45) is 7.05 Å². The van der Waals surface area contributed by atoms with Gasteiger partial charge in [0, 0.05) is 7.05 Å². The average molecular weight is 281 g/mol. The van der Waals surface area contributed by atoms with Gasteiger partial charge in [0.15, 0.2) is 11.0 Å². The van der Waals surface area contributed by atoms with Gasteiger partial charge >= 0.3 is 5.97 Å². The zero-order chi connectivity index (χ0) is 14.0. The standard InChI is InChI=1S/C12H12FN3O2S/c1-7-3-4-8(9(13)5-7)11-14-15-12(16(11)2)19-6-10(17)18/h3-5H,6H2,1-2H3,(H,17,18). The topological polar surface area (TPSA) is 68.0 Å². The third-order valence-corrected chi connectivity index (χ3v) is 3.53. The number of aromatic nitrogens is 3. The van der Waals surface area contributed by atoms with E-state index in [2.05, 4.69) is 10.2 Å². The fourth-order valence-electron chi connectivity index (χ4n) is 1.60. The van der Waals surface area contributed by atoms with E-state index in [4.69, 9.17) is 5.11 Å². The Balaban J connectivity index is 2.33. The lowest BCUT2D eigenvalue weighted by Gasteiger charge is -2.04. The predicted octanol–water partition coefficient (Wildman–Crippen LogP) is 2.11. The number of thioether (sulfide) groups is 1. The number of benzene rings is 1. The minimum Gasteiger partial charge on any atom is -0.481 e. The van der Waals surface area contributed by atoms with Crippen LogP contribution in [0.3, 0.4) is 0 Å². The van der Waals surface area contributed by atoms with Crippen molar-refractivity contribution < 1.29 is 14.3 Å². The number of carboxylic acids is 1. The fraction of sp³-hybridized carbons (Fsp3) is 0.250. The lowest BCUT2D eigenvalue weighted by molar-refractivity contribution is -0.133. The highest BCUT2D eigenvalue weighted by molar-refractivity contribution is 7.99. The van der Waals surface area contributed by atoms with Crippen LogP contribution >= 0.6 is 11.8 Å². The van der Waals surface area contributed by atoms with Crippen LogP contribution in [0, 0.1) is 12.7 Å². The molecule has 7 heteroatoms. The molecule has 0 amide bonds. The summed E-state index contributed by atoms with van der Waals surface area (Å²) in [6.45, 7) is 1.80. The normalized spacial score (nSPS) is 10.7. The van der Waals surface area contributed by atoms with Crippen LogP contribution in [0.4, 0.5) is 4.39 Å². The van der Waals surface area contributed by atoms with Gasteiger partial charge in [0.2, 0.25) is 0 Å². The maximum absolute atomic E-state index is 13.9. The van der Waals surface area contributed by atoms with Crippen molar-refractivity contribution in [2.75, 3.05) is 5.75 Å². The number of hydrogen-bond acceptors (Lipinski definition) is 4. The molecule has 0 aliphatic carbocycles.